The Balaban J connectivity index is 2.38. The van der Waals surface area contributed by atoms with E-state index in [0.29, 0.717) is 11.8 Å². The zero-order valence-corrected chi connectivity index (χ0v) is 9.36. The van der Waals surface area contributed by atoms with Crippen molar-refractivity contribution in [2.45, 2.75) is 32.2 Å². The minimum atomic E-state index is 0.143. The van der Waals surface area contributed by atoms with Gasteiger partial charge in [-0.1, -0.05) is 13.8 Å². The average Bonchev–Trinajstić information content (AvgIpc) is 2.16. The van der Waals surface area contributed by atoms with Gasteiger partial charge in [0, 0.05) is 24.6 Å². The molecule has 1 fully saturated rings. The van der Waals surface area contributed by atoms with Gasteiger partial charge in [0.2, 0.25) is 0 Å². The third-order valence-corrected chi connectivity index (χ3v) is 3.10. The topological polar surface area (TPSA) is 21.3 Å². The molecule has 1 rings (SSSR count). The SMILES string of the molecule is CC(C)CNC1(CCl)CCOCC1. The van der Waals surface area contributed by atoms with Crippen LogP contribution in [-0.4, -0.2) is 31.2 Å². The highest BCUT2D eigenvalue weighted by molar-refractivity contribution is 6.18. The first kappa shape index (κ1) is 11.3. The lowest BCUT2D eigenvalue weighted by atomic mass is 9.92. The molecule has 78 valence electrons. The van der Waals surface area contributed by atoms with Crippen LogP contribution < -0.4 is 5.32 Å². The highest BCUT2D eigenvalue weighted by Gasteiger charge is 2.30. The van der Waals surface area contributed by atoms with Crippen LogP contribution in [0.5, 0.6) is 0 Å². The summed E-state index contributed by atoms with van der Waals surface area (Å²) in [6, 6.07) is 0. The molecule has 0 aromatic rings. The summed E-state index contributed by atoms with van der Waals surface area (Å²) in [6.45, 7) is 7.17. The molecule has 0 aromatic heterocycles. The summed E-state index contributed by atoms with van der Waals surface area (Å²) in [4.78, 5) is 0. The smallest absolute Gasteiger partial charge is 0.0484 e. The van der Waals surface area contributed by atoms with Crippen LogP contribution in [-0.2, 0) is 4.74 Å². The van der Waals surface area contributed by atoms with Gasteiger partial charge in [-0.15, -0.1) is 11.6 Å². The van der Waals surface area contributed by atoms with Crippen molar-refractivity contribution in [1.82, 2.24) is 5.32 Å². The van der Waals surface area contributed by atoms with E-state index in [-0.39, 0.29) is 5.54 Å². The molecule has 0 amide bonds. The summed E-state index contributed by atoms with van der Waals surface area (Å²) < 4.78 is 5.33. The maximum absolute atomic E-state index is 6.00. The standard InChI is InChI=1S/C10H20ClNO/c1-9(2)7-12-10(8-11)3-5-13-6-4-10/h9,12H,3-8H2,1-2H3. The summed E-state index contributed by atoms with van der Waals surface area (Å²) in [6.07, 6.45) is 2.09. The van der Waals surface area contributed by atoms with E-state index in [0.717, 1.165) is 32.6 Å². The number of hydrogen-bond donors (Lipinski definition) is 1. The highest BCUT2D eigenvalue weighted by Crippen LogP contribution is 2.22. The molecule has 0 aliphatic carbocycles. The second-order valence-corrected chi connectivity index (χ2v) is 4.57. The lowest BCUT2D eigenvalue weighted by Crippen LogP contribution is -2.52. The Bertz CT molecular complexity index is 144. The molecular weight excluding hydrogens is 186 g/mol. The monoisotopic (exact) mass is 205 g/mol. The van der Waals surface area contributed by atoms with Crippen molar-refractivity contribution >= 4 is 11.6 Å². The third kappa shape index (κ3) is 3.45. The van der Waals surface area contributed by atoms with Gasteiger partial charge >= 0.3 is 0 Å². The Morgan fingerprint density at radius 1 is 1.38 bits per heavy atom. The first-order valence-electron chi connectivity index (χ1n) is 5.07. The molecule has 0 unspecified atom stereocenters. The summed E-state index contributed by atoms with van der Waals surface area (Å²) >= 11 is 6.00. The van der Waals surface area contributed by atoms with Crippen LogP contribution in [0.2, 0.25) is 0 Å². The van der Waals surface area contributed by atoms with Crippen molar-refractivity contribution in [2.75, 3.05) is 25.6 Å². The van der Waals surface area contributed by atoms with Crippen molar-refractivity contribution in [3.8, 4) is 0 Å². The lowest BCUT2D eigenvalue weighted by Gasteiger charge is -2.37. The Morgan fingerprint density at radius 2 is 2.00 bits per heavy atom. The minimum absolute atomic E-state index is 0.143. The molecule has 3 heteroatoms. The molecule has 0 atom stereocenters. The summed E-state index contributed by atoms with van der Waals surface area (Å²) in [5.74, 6) is 1.38. The van der Waals surface area contributed by atoms with Crippen LogP contribution in [0.1, 0.15) is 26.7 Å². The van der Waals surface area contributed by atoms with Crippen molar-refractivity contribution in [1.29, 1.82) is 0 Å². The van der Waals surface area contributed by atoms with E-state index >= 15 is 0 Å². The molecular formula is C10H20ClNO. The fourth-order valence-corrected chi connectivity index (χ4v) is 1.90. The largest absolute Gasteiger partial charge is 0.381 e. The predicted molar refractivity (Wildman–Crippen MR) is 56.3 cm³/mol. The molecule has 1 aliphatic rings. The molecule has 0 saturated carbocycles. The molecule has 0 radical (unpaired) electrons. The van der Waals surface area contributed by atoms with E-state index in [4.69, 9.17) is 16.3 Å². The van der Waals surface area contributed by atoms with E-state index in [1.807, 2.05) is 0 Å². The lowest BCUT2D eigenvalue weighted by molar-refractivity contribution is 0.0455. The zero-order chi connectivity index (χ0) is 9.73. The average molecular weight is 206 g/mol. The normalized spacial score (nSPS) is 22.2. The summed E-state index contributed by atoms with van der Waals surface area (Å²) in [5, 5.41) is 3.57. The third-order valence-electron chi connectivity index (χ3n) is 2.59. The minimum Gasteiger partial charge on any atom is -0.381 e. The van der Waals surface area contributed by atoms with Gasteiger partial charge in [0.25, 0.3) is 0 Å². The maximum Gasteiger partial charge on any atom is 0.0484 e. The van der Waals surface area contributed by atoms with Crippen LogP contribution >= 0.6 is 11.6 Å². The van der Waals surface area contributed by atoms with E-state index in [1.54, 1.807) is 0 Å². The molecule has 2 nitrogen and oxygen atoms in total. The van der Waals surface area contributed by atoms with Crippen molar-refractivity contribution in [3.05, 3.63) is 0 Å². The van der Waals surface area contributed by atoms with E-state index in [2.05, 4.69) is 19.2 Å². The van der Waals surface area contributed by atoms with Crippen molar-refractivity contribution in [3.63, 3.8) is 0 Å². The van der Waals surface area contributed by atoms with Gasteiger partial charge < -0.3 is 10.1 Å². The second-order valence-electron chi connectivity index (χ2n) is 4.30. The number of rotatable bonds is 4. The van der Waals surface area contributed by atoms with E-state index in [9.17, 15) is 0 Å². The van der Waals surface area contributed by atoms with Gasteiger partial charge in [0.15, 0.2) is 0 Å². The van der Waals surface area contributed by atoms with Gasteiger partial charge in [-0.25, -0.2) is 0 Å². The Kier molecular flexibility index (Phi) is 4.50. The Morgan fingerprint density at radius 3 is 2.46 bits per heavy atom. The Hall–Kier alpha value is 0.210. The summed E-state index contributed by atoms with van der Waals surface area (Å²) in [7, 11) is 0. The van der Waals surface area contributed by atoms with Gasteiger partial charge in [-0.3, -0.25) is 0 Å². The molecule has 0 aromatic carbocycles. The number of nitrogens with one attached hydrogen (secondary N) is 1. The van der Waals surface area contributed by atoms with E-state index < -0.39 is 0 Å². The number of hydrogen-bond acceptors (Lipinski definition) is 2. The molecule has 13 heavy (non-hydrogen) atoms. The van der Waals surface area contributed by atoms with Crippen LogP contribution in [0, 0.1) is 5.92 Å². The van der Waals surface area contributed by atoms with Crippen LogP contribution in [0.3, 0.4) is 0 Å². The molecule has 0 spiro atoms. The first-order chi connectivity index (χ1) is 6.18. The van der Waals surface area contributed by atoms with E-state index in [1.165, 1.54) is 0 Å². The fraction of sp³-hybridized carbons (Fsp3) is 1.00. The number of alkyl halides is 1. The van der Waals surface area contributed by atoms with Gasteiger partial charge in [0.05, 0.1) is 0 Å². The van der Waals surface area contributed by atoms with Gasteiger partial charge in [0.1, 0.15) is 0 Å². The number of ether oxygens (including phenoxy) is 1. The van der Waals surface area contributed by atoms with Crippen LogP contribution in [0.25, 0.3) is 0 Å². The maximum atomic E-state index is 6.00. The zero-order valence-electron chi connectivity index (χ0n) is 8.61. The number of halogens is 1. The van der Waals surface area contributed by atoms with Crippen LogP contribution in [0.4, 0.5) is 0 Å². The van der Waals surface area contributed by atoms with Gasteiger partial charge in [-0.2, -0.15) is 0 Å². The molecule has 1 aliphatic heterocycles. The predicted octanol–water partition coefficient (Wildman–Crippen LogP) is 2.02. The molecule has 0 bridgehead atoms. The van der Waals surface area contributed by atoms with Crippen molar-refractivity contribution in [2.24, 2.45) is 5.92 Å². The highest BCUT2D eigenvalue weighted by atomic mass is 35.5. The quantitative estimate of drug-likeness (QED) is 0.710. The molecule has 1 saturated heterocycles. The Labute approximate surface area is 86.0 Å². The van der Waals surface area contributed by atoms with Crippen LogP contribution in [0.15, 0.2) is 0 Å². The van der Waals surface area contributed by atoms with Gasteiger partial charge in [-0.05, 0) is 25.3 Å². The molecule has 1 heterocycles. The molecule has 1 N–H and O–H groups in total. The second kappa shape index (κ2) is 5.18. The fourth-order valence-electron chi connectivity index (χ4n) is 1.54. The summed E-state index contributed by atoms with van der Waals surface area (Å²) in [5.41, 5.74) is 0.143. The van der Waals surface area contributed by atoms with Crippen molar-refractivity contribution < 1.29 is 4.74 Å². The first-order valence-corrected chi connectivity index (χ1v) is 5.61.